The summed E-state index contributed by atoms with van der Waals surface area (Å²) in [6.45, 7) is 1.81. The van der Waals surface area contributed by atoms with Crippen molar-refractivity contribution >= 4 is 23.5 Å². The molecule has 1 saturated carbocycles. The first-order valence-electron chi connectivity index (χ1n) is 15.4. The van der Waals surface area contributed by atoms with Crippen LogP contribution >= 0.6 is 0 Å². The average Bonchev–Trinajstić information content (AvgIpc) is 3.25. The number of phenols is 1. The molecule has 6 nitrogen and oxygen atoms in total. The summed E-state index contributed by atoms with van der Waals surface area (Å²) in [5.41, 5.74) is 4.48. The van der Waals surface area contributed by atoms with Gasteiger partial charge in [-0.2, -0.15) is 0 Å². The molecule has 2 fully saturated rings. The molecule has 0 aromatic heterocycles. The van der Waals surface area contributed by atoms with Crippen LogP contribution < -0.4 is 0 Å². The number of allylic oxidation sites excluding steroid dienone is 2. The topological polar surface area (TPSA) is 98.1 Å². The Morgan fingerprint density at radius 3 is 2.39 bits per heavy atom. The van der Waals surface area contributed by atoms with Crippen molar-refractivity contribution in [3.63, 3.8) is 0 Å². The number of rotatable bonds is 10. The molecule has 3 aliphatic rings. The van der Waals surface area contributed by atoms with Crippen molar-refractivity contribution in [2.75, 3.05) is 6.61 Å². The summed E-state index contributed by atoms with van der Waals surface area (Å²) in [6.07, 6.45) is 9.04. The van der Waals surface area contributed by atoms with Gasteiger partial charge in [0.05, 0.1) is 24.5 Å². The minimum absolute atomic E-state index is 0.0374. The van der Waals surface area contributed by atoms with Crippen molar-refractivity contribution in [1.82, 2.24) is 4.90 Å². The van der Waals surface area contributed by atoms with Gasteiger partial charge in [0.2, 0.25) is 11.8 Å². The standard InChI is InChI=1S/C35H43NO5/c1-2-11-26-21-28-33(35(41)36(34(28)40)27-15-7-4-8-16-27)29(22-37)32(26)31(39)19-18-24(23-12-5-3-6-13-23)20-25-14-9-10-17-30(25)38/h3,5-6,9-10,12-14,17,20,27-29,31,33,37-39H,2,4,7-8,11,15-16,18-19,21-22H2,1H3/b24-20-/t28-,29+,31-,33-/m1/s1. The zero-order valence-electron chi connectivity index (χ0n) is 24.0. The van der Waals surface area contributed by atoms with Gasteiger partial charge < -0.3 is 15.3 Å². The maximum Gasteiger partial charge on any atom is 0.234 e. The van der Waals surface area contributed by atoms with E-state index in [1.165, 1.54) is 0 Å². The molecule has 0 radical (unpaired) electrons. The van der Waals surface area contributed by atoms with E-state index < -0.39 is 23.9 Å². The van der Waals surface area contributed by atoms with Crippen LogP contribution in [-0.4, -0.2) is 50.8 Å². The van der Waals surface area contributed by atoms with Crippen LogP contribution in [0.2, 0.25) is 0 Å². The fraction of sp³-hybridized carbons (Fsp3) is 0.486. The lowest BCUT2D eigenvalue weighted by molar-refractivity contribution is -0.143. The van der Waals surface area contributed by atoms with Gasteiger partial charge in [-0.15, -0.1) is 0 Å². The van der Waals surface area contributed by atoms with E-state index in [9.17, 15) is 24.9 Å². The Morgan fingerprint density at radius 2 is 1.71 bits per heavy atom. The number of carbonyl (C=O) groups is 2. The van der Waals surface area contributed by atoms with E-state index in [1.54, 1.807) is 17.0 Å². The number of imide groups is 1. The lowest BCUT2D eigenvalue weighted by Crippen LogP contribution is -2.42. The van der Waals surface area contributed by atoms with E-state index in [4.69, 9.17) is 0 Å². The molecule has 5 rings (SSSR count). The average molecular weight is 558 g/mol. The number of carbonyl (C=O) groups excluding carboxylic acids is 2. The quantitative estimate of drug-likeness (QED) is 0.186. The molecule has 218 valence electrons. The molecule has 4 atom stereocenters. The highest BCUT2D eigenvalue weighted by Crippen LogP contribution is 2.48. The van der Waals surface area contributed by atoms with Crippen molar-refractivity contribution < 1.29 is 24.9 Å². The van der Waals surface area contributed by atoms with Crippen molar-refractivity contribution in [3.05, 3.63) is 76.9 Å². The first kappa shape index (κ1) is 29.3. The first-order chi connectivity index (χ1) is 19.9. The summed E-state index contributed by atoms with van der Waals surface area (Å²) >= 11 is 0. The predicted molar refractivity (Wildman–Crippen MR) is 160 cm³/mol. The zero-order chi connectivity index (χ0) is 28.9. The number of nitrogens with zero attached hydrogens (tertiary/aromatic N) is 1. The lowest BCUT2D eigenvalue weighted by Gasteiger charge is -2.36. The molecule has 0 spiro atoms. The van der Waals surface area contributed by atoms with Gasteiger partial charge in [-0.05, 0) is 67.4 Å². The molecule has 2 aliphatic carbocycles. The third kappa shape index (κ3) is 6.05. The number of para-hydroxylation sites is 1. The number of aromatic hydroxyl groups is 1. The number of fused-ring (bicyclic) bond motifs is 1. The third-order valence-corrected chi connectivity index (χ3v) is 9.36. The number of hydrogen-bond acceptors (Lipinski definition) is 5. The molecule has 6 heteroatoms. The molecular weight excluding hydrogens is 514 g/mol. The van der Waals surface area contributed by atoms with E-state index in [0.717, 1.165) is 67.2 Å². The fourth-order valence-electron chi connectivity index (χ4n) is 7.42. The van der Waals surface area contributed by atoms with Crippen molar-refractivity contribution in [2.24, 2.45) is 17.8 Å². The Morgan fingerprint density at radius 1 is 1.00 bits per heavy atom. The molecule has 2 amide bonds. The van der Waals surface area contributed by atoms with Crippen LogP contribution in [0, 0.1) is 17.8 Å². The number of phenolic OH excluding ortho intramolecular Hbond substituents is 1. The summed E-state index contributed by atoms with van der Waals surface area (Å²) in [5.74, 6) is -1.65. The van der Waals surface area contributed by atoms with E-state index in [2.05, 4.69) is 6.92 Å². The van der Waals surface area contributed by atoms with Crippen molar-refractivity contribution in [3.8, 4) is 5.75 Å². The van der Waals surface area contributed by atoms with Crippen LogP contribution in [0.5, 0.6) is 5.75 Å². The molecule has 3 N–H and O–H groups in total. The molecular formula is C35H43NO5. The first-order valence-corrected chi connectivity index (χ1v) is 15.4. The second kappa shape index (κ2) is 13.2. The summed E-state index contributed by atoms with van der Waals surface area (Å²) in [7, 11) is 0. The number of benzene rings is 2. The summed E-state index contributed by atoms with van der Waals surface area (Å²) < 4.78 is 0. The van der Waals surface area contributed by atoms with E-state index in [-0.39, 0.29) is 30.2 Å². The maximum atomic E-state index is 13.8. The minimum atomic E-state index is -0.849. The Labute approximate surface area is 243 Å². The number of aliphatic hydroxyl groups excluding tert-OH is 2. The normalized spacial score (nSPS) is 24.6. The highest BCUT2D eigenvalue weighted by atomic mass is 16.3. The van der Waals surface area contributed by atoms with Crippen LogP contribution in [0.1, 0.15) is 82.3 Å². The molecule has 41 heavy (non-hydrogen) atoms. The van der Waals surface area contributed by atoms with E-state index in [1.807, 2.05) is 48.5 Å². The molecule has 0 bridgehead atoms. The number of aliphatic hydroxyl groups is 2. The molecule has 1 aliphatic heterocycles. The lowest BCUT2D eigenvalue weighted by atomic mass is 9.67. The van der Waals surface area contributed by atoms with Crippen LogP contribution in [0.15, 0.2) is 65.7 Å². The number of hydrogen-bond donors (Lipinski definition) is 3. The molecule has 2 aromatic carbocycles. The van der Waals surface area contributed by atoms with Crippen LogP contribution in [0.25, 0.3) is 11.6 Å². The minimum Gasteiger partial charge on any atom is -0.507 e. The van der Waals surface area contributed by atoms with Crippen LogP contribution in [0.3, 0.4) is 0 Å². The second-order valence-corrected chi connectivity index (χ2v) is 11.9. The Hall–Kier alpha value is -3.22. The van der Waals surface area contributed by atoms with Gasteiger partial charge in [-0.3, -0.25) is 14.5 Å². The highest BCUT2D eigenvalue weighted by Gasteiger charge is 2.56. The Bertz CT molecular complexity index is 1290. The zero-order valence-corrected chi connectivity index (χ0v) is 24.0. The van der Waals surface area contributed by atoms with Gasteiger partial charge in [-0.1, -0.05) is 86.7 Å². The van der Waals surface area contributed by atoms with Gasteiger partial charge in [0.15, 0.2) is 0 Å². The SMILES string of the molecule is CCCC1=C([C@H](O)CC/C(=C/c2ccccc2O)c2ccccc2)[C@H](CO)[C@@H]2C(=O)N(C3CCCCC3)C(=O)[C@@H]2C1. The predicted octanol–water partition coefficient (Wildman–Crippen LogP) is 6.12. The Kier molecular flexibility index (Phi) is 9.41. The molecule has 1 saturated heterocycles. The van der Waals surface area contributed by atoms with Gasteiger partial charge in [0, 0.05) is 17.5 Å². The van der Waals surface area contributed by atoms with Gasteiger partial charge in [0.25, 0.3) is 0 Å². The number of amides is 2. The number of likely N-dealkylation sites (tertiary alicyclic amines) is 1. The largest absolute Gasteiger partial charge is 0.507 e. The summed E-state index contributed by atoms with van der Waals surface area (Å²) in [5, 5.41) is 32.8. The second-order valence-electron chi connectivity index (χ2n) is 11.9. The monoisotopic (exact) mass is 557 g/mol. The van der Waals surface area contributed by atoms with Crippen LogP contribution in [0.4, 0.5) is 0 Å². The van der Waals surface area contributed by atoms with Crippen molar-refractivity contribution in [2.45, 2.75) is 83.3 Å². The molecule has 0 unspecified atom stereocenters. The van der Waals surface area contributed by atoms with Gasteiger partial charge in [-0.25, -0.2) is 0 Å². The van der Waals surface area contributed by atoms with E-state index in [0.29, 0.717) is 24.8 Å². The van der Waals surface area contributed by atoms with Gasteiger partial charge >= 0.3 is 0 Å². The highest BCUT2D eigenvalue weighted by molar-refractivity contribution is 6.06. The molecule has 2 aromatic rings. The van der Waals surface area contributed by atoms with Crippen molar-refractivity contribution in [1.29, 1.82) is 0 Å². The summed E-state index contributed by atoms with van der Waals surface area (Å²) in [4.78, 5) is 29.0. The molecule has 1 heterocycles. The Balaban J connectivity index is 1.42. The summed E-state index contributed by atoms with van der Waals surface area (Å²) in [6, 6.07) is 17.1. The third-order valence-electron chi connectivity index (χ3n) is 9.36. The smallest absolute Gasteiger partial charge is 0.234 e. The van der Waals surface area contributed by atoms with E-state index >= 15 is 0 Å². The fourth-order valence-corrected chi connectivity index (χ4v) is 7.42. The van der Waals surface area contributed by atoms with Gasteiger partial charge in [0.1, 0.15) is 5.75 Å². The van der Waals surface area contributed by atoms with Crippen LogP contribution in [-0.2, 0) is 9.59 Å². The maximum absolute atomic E-state index is 13.8.